The van der Waals surface area contributed by atoms with Crippen LogP contribution in [0.15, 0.2) is 41.2 Å². The smallest absolute Gasteiger partial charge is 0.408 e. The van der Waals surface area contributed by atoms with E-state index >= 15 is 0 Å². The monoisotopic (exact) mass is 432 g/mol. The van der Waals surface area contributed by atoms with Crippen LogP contribution in [0.2, 0.25) is 5.02 Å². The fourth-order valence-electron chi connectivity index (χ4n) is 3.56. The summed E-state index contributed by atoms with van der Waals surface area (Å²) in [6.07, 6.45) is -1.17. The molecule has 0 aliphatic rings. The molecule has 3 aromatic rings. The summed E-state index contributed by atoms with van der Waals surface area (Å²) in [5, 5.41) is 10.2. The predicted octanol–water partition coefficient (Wildman–Crippen LogP) is 4.60. The highest BCUT2D eigenvalue weighted by molar-refractivity contribution is 6.35. The number of anilines is 1. The van der Waals surface area contributed by atoms with Gasteiger partial charge in [-0.2, -0.15) is 0 Å². The molecule has 1 heterocycles. The quantitative estimate of drug-likeness (QED) is 0.589. The van der Waals surface area contributed by atoms with Crippen molar-refractivity contribution < 1.29 is 14.3 Å². The van der Waals surface area contributed by atoms with Crippen LogP contribution in [0.3, 0.4) is 0 Å². The molecule has 0 radical (unpaired) electrons. The van der Waals surface area contributed by atoms with Gasteiger partial charge in [0.15, 0.2) is 0 Å². The molecule has 30 heavy (non-hydrogen) atoms. The van der Waals surface area contributed by atoms with Crippen molar-refractivity contribution in [3.8, 4) is 5.69 Å². The molecule has 1 unspecified atom stereocenters. The summed E-state index contributed by atoms with van der Waals surface area (Å²) in [6, 6.07) is 7.87. The zero-order valence-corrected chi connectivity index (χ0v) is 17.7. The van der Waals surface area contributed by atoms with Crippen molar-refractivity contribution >= 4 is 34.3 Å². The van der Waals surface area contributed by atoms with E-state index in [0.717, 1.165) is 6.07 Å². The summed E-state index contributed by atoms with van der Waals surface area (Å²) < 4.78 is 15.0. The number of benzene rings is 2. The second kappa shape index (κ2) is 7.60. The van der Waals surface area contributed by atoms with E-state index in [1.54, 1.807) is 45.9 Å². The molecule has 158 valence electrons. The van der Waals surface area contributed by atoms with Gasteiger partial charge < -0.3 is 10.8 Å². The molecular weight excluding hydrogens is 411 g/mol. The minimum Gasteiger partial charge on any atom is -0.465 e. The van der Waals surface area contributed by atoms with Crippen LogP contribution in [0.1, 0.15) is 39.6 Å². The molecule has 0 saturated heterocycles. The second-order valence-corrected chi connectivity index (χ2v) is 8.36. The zero-order chi connectivity index (χ0) is 22.4. The van der Waals surface area contributed by atoms with Crippen molar-refractivity contribution in [2.24, 2.45) is 0 Å². The summed E-state index contributed by atoms with van der Waals surface area (Å²) >= 11 is 6.25. The SMILES string of the molecule is CC(c1nc2cccc(Cl)c2c(=O)n1-c1ccc(F)c(N)c1)N(C(=O)O)C(C)(C)C. The van der Waals surface area contributed by atoms with Crippen LogP contribution in [0.25, 0.3) is 16.6 Å². The molecule has 1 atom stereocenters. The summed E-state index contributed by atoms with van der Waals surface area (Å²) in [4.78, 5) is 31.3. The van der Waals surface area contributed by atoms with Crippen LogP contribution < -0.4 is 11.3 Å². The first-order valence-electron chi connectivity index (χ1n) is 9.22. The highest BCUT2D eigenvalue weighted by Crippen LogP contribution is 2.30. The van der Waals surface area contributed by atoms with Gasteiger partial charge in [-0.1, -0.05) is 17.7 Å². The Bertz CT molecular complexity index is 1200. The molecular formula is C21H22ClFN4O3. The fraction of sp³-hybridized carbons (Fsp3) is 0.286. The van der Waals surface area contributed by atoms with Crippen molar-refractivity contribution in [1.82, 2.24) is 14.5 Å². The van der Waals surface area contributed by atoms with Gasteiger partial charge in [-0.25, -0.2) is 14.2 Å². The standard InChI is InChI=1S/C21H22ClFN4O3/c1-11(27(20(29)30)21(2,3)4)18-25-16-7-5-6-13(22)17(16)19(28)26(18)12-8-9-14(23)15(24)10-12/h5-11H,24H2,1-4H3,(H,29,30). The Morgan fingerprint density at radius 3 is 2.53 bits per heavy atom. The van der Waals surface area contributed by atoms with E-state index in [2.05, 4.69) is 4.98 Å². The van der Waals surface area contributed by atoms with Gasteiger partial charge in [0, 0.05) is 5.54 Å². The van der Waals surface area contributed by atoms with Gasteiger partial charge in [-0.3, -0.25) is 14.3 Å². The lowest BCUT2D eigenvalue weighted by Crippen LogP contribution is -2.47. The number of nitrogen functional groups attached to an aromatic ring is 1. The number of carboxylic acid groups (broad SMARTS) is 1. The number of carbonyl (C=O) groups is 1. The molecule has 3 rings (SSSR count). The lowest BCUT2D eigenvalue weighted by Gasteiger charge is -2.38. The van der Waals surface area contributed by atoms with Crippen molar-refractivity contribution in [1.29, 1.82) is 0 Å². The van der Waals surface area contributed by atoms with Gasteiger partial charge in [0.05, 0.1) is 33.3 Å². The molecule has 0 aliphatic heterocycles. The van der Waals surface area contributed by atoms with Crippen molar-refractivity contribution in [3.63, 3.8) is 0 Å². The van der Waals surface area contributed by atoms with E-state index in [0.29, 0.717) is 5.52 Å². The molecule has 0 aliphatic carbocycles. The van der Waals surface area contributed by atoms with E-state index in [4.69, 9.17) is 17.3 Å². The Morgan fingerprint density at radius 1 is 1.30 bits per heavy atom. The lowest BCUT2D eigenvalue weighted by atomic mass is 10.0. The number of aromatic nitrogens is 2. The Morgan fingerprint density at radius 2 is 1.97 bits per heavy atom. The highest BCUT2D eigenvalue weighted by Gasteiger charge is 2.34. The number of hydrogen-bond donors (Lipinski definition) is 2. The lowest BCUT2D eigenvalue weighted by molar-refractivity contribution is 0.0719. The predicted molar refractivity (Wildman–Crippen MR) is 115 cm³/mol. The minimum atomic E-state index is -1.17. The average molecular weight is 433 g/mol. The molecule has 0 fully saturated rings. The van der Waals surface area contributed by atoms with E-state index in [9.17, 15) is 19.1 Å². The number of nitrogens with two attached hydrogens (primary N) is 1. The first-order chi connectivity index (χ1) is 13.9. The van der Waals surface area contributed by atoms with Crippen LogP contribution in [-0.2, 0) is 0 Å². The number of amides is 1. The third kappa shape index (κ3) is 3.70. The van der Waals surface area contributed by atoms with Crippen LogP contribution >= 0.6 is 11.6 Å². The number of halogens is 2. The van der Waals surface area contributed by atoms with Crippen LogP contribution in [0.5, 0.6) is 0 Å². The molecule has 0 saturated carbocycles. The summed E-state index contributed by atoms with van der Waals surface area (Å²) in [5.74, 6) is -0.465. The number of hydrogen-bond acceptors (Lipinski definition) is 4. The Labute approximate surface area is 177 Å². The number of fused-ring (bicyclic) bond motifs is 1. The largest absolute Gasteiger partial charge is 0.465 e. The van der Waals surface area contributed by atoms with E-state index in [1.807, 2.05) is 0 Å². The van der Waals surface area contributed by atoms with Crippen molar-refractivity contribution in [2.75, 3.05) is 5.73 Å². The van der Waals surface area contributed by atoms with Crippen molar-refractivity contribution in [2.45, 2.75) is 39.3 Å². The van der Waals surface area contributed by atoms with Gasteiger partial charge >= 0.3 is 6.09 Å². The maximum atomic E-state index is 13.7. The Kier molecular flexibility index (Phi) is 5.47. The third-order valence-corrected chi connectivity index (χ3v) is 5.12. The number of rotatable bonds is 3. The zero-order valence-electron chi connectivity index (χ0n) is 17.0. The van der Waals surface area contributed by atoms with Crippen LogP contribution in [0.4, 0.5) is 14.9 Å². The van der Waals surface area contributed by atoms with Gasteiger partial charge in [0.25, 0.3) is 5.56 Å². The second-order valence-electron chi connectivity index (χ2n) is 7.95. The molecule has 7 nitrogen and oxygen atoms in total. The summed E-state index contributed by atoms with van der Waals surface area (Å²) in [5.41, 5.74) is 4.87. The Balaban J connectivity index is 2.41. The first kappa shape index (κ1) is 21.6. The molecule has 0 spiro atoms. The van der Waals surface area contributed by atoms with E-state index < -0.39 is 29.1 Å². The average Bonchev–Trinajstić information content (AvgIpc) is 2.62. The summed E-state index contributed by atoms with van der Waals surface area (Å²) in [7, 11) is 0. The van der Waals surface area contributed by atoms with Gasteiger partial charge in [-0.05, 0) is 58.0 Å². The van der Waals surface area contributed by atoms with Gasteiger partial charge in [-0.15, -0.1) is 0 Å². The van der Waals surface area contributed by atoms with Gasteiger partial charge in [0.1, 0.15) is 11.6 Å². The highest BCUT2D eigenvalue weighted by atomic mass is 35.5. The molecule has 3 N–H and O–H groups in total. The van der Waals surface area contributed by atoms with E-state index in [1.165, 1.54) is 21.6 Å². The van der Waals surface area contributed by atoms with Gasteiger partial charge in [0.2, 0.25) is 0 Å². The normalized spacial score (nSPS) is 12.7. The van der Waals surface area contributed by atoms with Crippen LogP contribution in [0, 0.1) is 5.82 Å². The molecule has 1 amide bonds. The molecule has 0 bridgehead atoms. The van der Waals surface area contributed by atoms with Crippen molar-refractivity contribution in [3.05, 3.63) is 63.4 Å². The fourth-order valence-corrected chi connectivity index (χ4v) is 3.81. The summed E-state index contributed by atoms with van der Waals surface area (Å²) in [6.45, 7) is 6.87. The maximum Gasteiger partial charge on any atom is 0.408 e. The first-order valence-corrected chi connectivity index (χ1v) is 9.60. The maximum absolute atomic E-state index is 13.7. The van der Waals surface area contributed by atoms with Crippen LogP contribution in [-0.4, -0.2) is 31.2 Å². The third-order valence-electron chi connectivity index (χ3n) is 4.80. The Hall–Kier alpha value is -3.13. The molecule has 9 heteroatoms. The number of nitrogens with zero attached hydrogens (tertiary/aromatic N) is 3. The van der Waals surface area contributed by atoms with E-state index in [-0.39, 0.29) is 27.6 Å². The molecule has 2 aromatic carbocycles. The topological polar surface area (TPSA) is 101 Å². The minimum absolute atomic E-state index is 0.150. The molecule has 1 aromatic heterocycles.